The second-order valence-corrected chi connectivity index (χ2v) is 4.25. The number of amides is 1. The Labute approximate surface area is 108 Å². The lowest BCUT2D eigenvalue weighted by molar-refractivity contribution is 0.0690. The van der Waals surface area contributed by atoms with Gasteiger partial charge in [0.25, 0.3) is 5.91 Å². The molecule has 6 heteroatoms. The molecule has 0 spiro atoms. The van der Waals surface area contributed by atoms with Crippen LogP contribution in [0.2, 0.25) is 0 Å². The Hall–Kier alpha value is -1.43. The minimum absolute atomic E-state index is 0.139. The highest BCUT2D eigenvalue weighted by atomic mass is 79.9. The van der Waals surface area contributed by atoms with E-state index < -0.39 is 5.97 Å². The highest BCUT2D eigenvalue weighted by Crippen LogP contribution is 2.14. The summed E-state index contributed by atoms with van der Waals surface area (Å²) in [4.78, 5) is 28.2. The summed E-state index contributed by atoms with van der Waals surface area (Å²) in [6.45, 7) is 4.84. The van der Waals surface area contributed by atoms with Gasteiger partial charge in [-0.05, 0) is 26.0 Å². The molecule has 17 heavy (non-hydrogen) atoms. The fraction of sp³-hybridized carbons (Fsp3) is 0.364. The van der Waals surface area contributed by atoms with Gasteiger partial charge in [-0.3, -0.25) is 4.79 Å². The predicted octanol–water partition coefficient (Wildman–Crippen LogP) is 2.02. The molecule has 0 aliphatic rings. The van der Waals surface area contributed by atoms with Crippen LogP contribution in [0.25, 0.3) is 0 Å². The first-order valence-electron chi connectivity index (χ1n) is 5.19. The van der Waals surface area contributed by atoms with Crippen LogP contribution in [-0.2, 0) is 0 Å². The molecule has 0 aliphatic heterocycles. The van der Waals surface area contributed by atoms with Crippen molar-refractivity contribution >= 4 is 27.8 Å². The Bertz CT molecular complexity index is 444. The van der Waals surface area contributed by atoms with E-state index in [0.29, 0.717) is 17.6 Å². The number of hydrogen-bond acceptors (Lipinski definition) is 3. The van der Waals surface area contributed by atoms with Gasteiger partial charge in [0.15, 0.2) is 0 Å². The van der Waals surface area contributed by atoms with E-state index in [4.69, 9.17) is 5.11 Å². The number of carboxylic acids is 1. The summed E-state index contributed by atoms with van der Waals surface area (Å²) >= 11 is 3.17. The van der Waals surface area contributed by atoms with Crippen LogP contribution in [0.4, 0.5) is 0 Å². The Morgan fingerprint density at radius 2 is 1.82 bits per heavy atom. The van der Waals surface area contributed by atoms with Crippen LogP contribution in [0.15, 0.2) is 16.6 Å². The average molecular weight is 301 g/mol. The minimum atomic E-state index is -1.15. The largest absolute Gasteiger partial charge is 0.477 e. The zero-order valence-electron chi connectivity index (χ0n) is 9.61. The second kappa shape index (κ2) is 5.77. The number of aromatic nitrogens is 1. The van der Waals surface area contributed by atoms with E-state index in [1.165, 1.54) is 12.1 Å². The van der Waals surface area contributed by atoms with Gasteiger partial charge < -0.3 is 10.0 Å². The first kappa shape index (κ1) is 13.6. The third kappa shape index (κ3) is 3.26. The molecule has 0 aromatic carbocycles. The summed E-state index contributed by atoms with van der Waals surface area (Å²) in [5, 5.41) is 8.86. The topological polar surface area (TPSA) is 70.5 Å². The molecule has 0 unspecified atom stereocenters. The maximum absolute atomic E-state index is 12.0. The molecule has 0 aliphatic carbocycles. The lowest BCUT2D eigenvalue weighted by Crippen LogP contribution is -2.31. The molecule has 0 radical (unpaired) electrons. The van der Waals surface area contributed by atoms with Crippen molar-refractivity contribution in [1.82, 2.24) is 9.88 Å². The standard InChI is InChI=1S/C11H13BrN2O3/c1-3-14(4-2)10(15)8-5-7(12)6-9(13-8)11(16)17/h5-6H,3-4H2,1-2H3,(H,16,17). The Balaban J connectivity index is 3.13. The van der Waals surface area contributed by atoms with Crippen molar-refractivity contribution in [2.45, 2.75) is 13.8 Å². The normalized spacial score (nSPS) is 10.1. The van der Waals surface area contributed by atoms with Gasteiger partial charge in [0.2, 0.25) is 0 Å². The molecule has 5 nitrogen and oxygen atoms in total. The summed E-state index contributed by atoms with van der Waals surface area (Å²) in [5.41, 5.74) is -0.00430. The number of hydrogen-bond donors (Lipinski definition) is 1. The van der Waals surface area contributed by atoms with Crippen LogP contribution in [0.1, 0.15) is 34.8 Å². The fourth-order valence-corrected chi connectivity index (χ4v) is 1.82. The van der Waals surface area contributed by atoms with Crippen molar-refractivity contribution in [2.24, 2.45) is 0 Å². The van der Waals surface area contributed by atoms with Crippen LogP contribution in [0.3, 0.4) is 0 Å². The minimum Gasteiger partial charge on any atom is -0.477 e. The van der Waals surface area contributed by atoms with Crippen LogP contribution in [0, 0.1) is 0 Å². The van der Waals surface area contributed by atoms with Crippen molar-refractivity contribution in [1.29, 1.82) is 0 Å². The maximum atomic E-state index is 12.0. The summed E-state index contributed by atoms with van der Waals surface area (Å²) in [5.74, 6) is -1.42. The molecule has 0 atom stereocenters. The lowest BCUT2D eigenvalue weighted by atomic mass is 10.2. The van der Waals surface area contributed by atoms with Crippen molar-refractivity contribution < 1.29 is 14.7 Å². The van der Waals surface area contributed by atoms with Crippen molar-refractivity contribution in [2.75, 3.05) is 13.1 Å². The average Bonchev–Trinajstić information content (AvgIpc) is 2.29. The fourth-order valence-electron chi connectivity index (χ4n) is 1.39. The molecule has 92 valence electrons. The number of pyridine rings is 1. The molecule has 1 N–H and O–H groups in total. The molecule has 0 bridgehead atoms. The molecular weight excluding hydrogens is 288 g/mol. The van der Waals surface area contributed by atoms with Crippen molar-refractivity contribution in [3.8, 4) is 0 Å². The number of nitrogens with zero attached hydrogens (tertiary/aromatic N) is 2. The highest BCUT2D eigenvalue weighted by Gasteiger charge is 2.17. The quantitative estimate of drug-likeness (QED) is 0.923. The summed E-state index contributed by atoms with van der Waals surface area (Å²) in [7, 11) is 0. The predicted molar refractivity (Wildman–Crippen MR) is 66.1 cm³/mol. The molecular formula is C11H13BrN2O3. The second-order valence-electron chi connectivity index (χ2n) is 3.34. The third-order valence-corrected chi connectivity index (χ3v) is 2.74. The summed E-state index contributed by atoms with van der Waals surface area (Å²) in [6.07, 6.45) is 0. The van der Waals surface area contributed by atoms with Crippen molar-refractivity contribution in [3.63, 3.8) is 0 Å². The van der Waals surface area contributed by atoms with Crippen LogP contribution < -0.4 is 0 Å². The monoisotopic (exact) mass is 300 g/mol. The molecule has 1 amide bonds. The molecule has 0 fully saturated rings. The van der Waals surface area contributed by atoms with Crippen LogP contribution >= 0.6 is 15.9 Å². The number of rotatable bonds is 4. The van der Waals surface area contributed by atoms with E-state index in [2.05, 4.69) is 20.9 Å². The highest BCUT2D eigenvalue weighted by molar-refractivity contribution is 9.10. The van der Waals surface area contributed by atoms with E-state index in [1.807, 2.05) is 13.8 Å². The molecule has 1 heterocycles. The molecule has 1 aromatic rings. The maximum Gasteiger partial charge on any atom is 0.354 e. The first-order chi connectivity index (χ1) is 7.99. The summed E-state index contributed by atoms with van der Waals surface area (Å²) < 4.78 is 0.528. The SMILES string of the molecule is CCN(CC)C(=O)c1cc(Br)cc(C(=O)O)n1. The van der Waals surface area contributed by atoms with E-state index in [0.717, 1.165) is 0 Å². The van der Waals surface area contributed by atoms with E-state index in [-0.39, 0.29) is 17.3 Å². The Morgan fingerprint density at radius 3 is 2.29 bits per heavy atom. The first-order valence-corrected chi connectivity index (χ1v) is 5.99. The van der Waals surface area contributed by atoms with E-state index >= 15 is 0 Å². The Morgan fingerprint density at radius 1 is 1.29 bits per heavy atom. The zero-order valence-corrected chi connectivity index (χ0v) is 11.2. The van der Waals surface area contributed by atoms with Gasteiger partial charge in [-0.1, -0.05) is 15.9 Å². The van der Waals surface area contributed by atoms with Crippen molar-refractivity contribution in [3.05, 3.63) is 28.0 Å². The summed E-state index contributed by atoms with van der Waals surface area (Å²) in [6, 6.07) is 2.88. The van der Waals surface area contributed by atoms with Crippen LogP contribution in [-0.4, -0.2) is 40.0 Å². The molecule has 1 rings (SSSR count). The molecule has 1 aromatic heterocycles. The number of aromatic carboxylic acids is 1. The molecule has 0 saturated heterocycles. The van der Waals surface area contributed by atoms with Gasteiger partial charge >= 0.3 is 5.97 Å². The third-order valence-electron chi connectivity index (χ3n) is 2.28. The Kier molecular flexibility index (Phi) is 4.62. The number of carboxylic acid groups (broad SMARTS) is 1. The van der Waals surface area contributed by atoms with Gasteiger partial charge in [0.05, 0.1) is 0 Å². The zero-order chi connectivity index (χ0) is 13.0. The van der Waals surface area contributed by atoms with Gasteiger partial charge in [0, 0.05) is 17.6 Å². The van der Waals surface area contributed by atoms with Gasteiger partial charge in [-0.25, -0.2) is 9.78 Å². The molecule has 0 saturated carbocycles. The van der Waals surface area contributed by atoms with E-state index in [9.17, 15) is 9.59 Å². The van der Waals surface area contributed by atoms with Crippen LogP contribution in [0.5, 0.6) is 0 Å². The number of carbonyl (C=O) groups is 2. The smallest absolute Gasteiger partial charge is 0.354 e. The van der Waals surface area contributed by atoms with Gasteiger partial charge in [-0.15, -0.1) is 0 Å². The number of halogens is 1. The van der Waals surface area contributed by atoms with E-state index in [1.54, 1.807) is 4.90 Å². The van der Waals surface area contributed by atoms with Gasteiger partial charge in [0.1, 0.15) is 11.4 Å². The van der Waals surface area contributed by atoms with Gasteiger partial charge in [-0.2, -0.15) is 0 Å². The lowest BCUT2D eigenvalue weighted by Gasteiger charge is -2.18. The number of carbonyl (C=O) groups excluding carboxylic acids is 1.